The summed E-state index contributed by atoms with van der Waals surface area (Å²) in [6.45, 7) is 8.42. The Morgan fingerprint density at radius 1 is 1.32 bits per heavy atom. The summed E-state index contributed by atoms with van der Waals surface area (Å²) >= 11 is 0. The molecule has 1 aliphatic rings. The number of methoxy groups -OCH3 is 1. The fourth-order valence-electron chi connectivity index (χ4n) is 3.20. The second-order valence-corrected chi connectivity index (χ2v) is 6.51. The second-order valence-electron chi connectivity index (χ2n) is 6.51. The normalized spacial score (nSPS) is 14.9. The van der Waals surface area contributed by atoms with E-state index in [4.69, 9.17) is 14.1 Å². The average Bonchev–Trinajstić information content (AvgIpc) is 3.12. The lowest BCUT2D eigenvalue weighted by Gasteiger charge is -2.37. The van der Waals surface area contributed by atoms with Crippen LogP contribution < -0.4 is 10.2 Å². The van der Waals surface area contributed by atoms with Gasteiger partial charge in [-0.25, -0.2) is 14.8 Å². The summed E-state index contributed by atoms with van der Waals surface area (Å²) in [6.07, 6.45) is 1.82. The molecule has 1 saturated heterocycles. The van der Waals surface area contributed by atoms with Crippen molar-refractivity contribution in [3.05, 3.63) is 47.5 Å². The maximum Gasteiger partial charge on any atom is 0.341 e. The third-order valence-electron chi connectivity index (χ3n) is 4.65. The van der Waals surface area contributed by atoms with Crippen molar-refractivity contribution in [3.8, 4) is 0 Å². The molecule has 1 aliphatic heterocycles. The van der Waals surface area contributed by atoms with Crippen molar-refractivity contribution in [2.75, 3.05) is 44.7 Å². The number of nitrogens with zero attached hydrogens (tertiary/aromatic N) is 4. The molecule has 2 aromatic heterocycles. The van der Waals surface area contributed by atoms with Crippen molar-refractivity contribution in [1.82, 2.24) is 15.2 Å². The van der Waals surface area contributed by atoms with Gasteiger partial charge in [-0.3, -0.25) is 0 Å². The zero-order valence-electron chi connectivity index (χ0n) is 16.6. The Bertz CT molecular complexity index is 811. The van der Waals surface area contributed by atoms with Gasteiger partial charge in [0.15, 0.2) is 5.96 Å². The standard InChI is InChI=1S/C20H27N5O3/c1-4-21-20(23-14-16-13-17(15(2)28-16)19(26)27-3)25-11-9-24(10-12-25)18-7-5-6-8-22-18/h5-8,13H,4,9-12,14H2,1-3H3,(H,21,23). The Hall–Kier alpha value is -3.03. The van der Waals surface area contributed by atoms with E-state index in [1.165, 1.54) is 7.11 Å². The number of guanidine groups is 1. The molecule has 28 heavy (non-hydrogen) atoms. The first-order chi connectivity index (χ1) is 13.6. The van der Waals surface area contributed by atoms with E-state index in [2.05, 4.69) is 20.1 Å². The molecule has 0 atom stereocenters. The minimum Gasteiger partial charge on any atom is -0.465 e. The smallest absolute Gasteiger partial charge is 0.341 e. The van der Waals surface area contributed by atoms with Crippen LogP contribution in [0, 0.1) is 6.92 Å². The molecule has 0 bridgehead atoms. The van der Waals surface area contributed by atoms with Gasteiger partial charge in [0, 0.05) is 38.9 Å². The zero-order valence-corrected chi connectivity index (χ0v) is 16.6. The quantitative estimate of drug-likeness (QED) is 0.479. The maximum atomic E-state index is 11.7. The predicted octanol–water partition coefficient (Wildman–Crippen LogP) is 2.06. The minimum absolute atomic E-state index is 0.362. The molecule has 3 heterocycles. The number of furan rings is 1. The molecule has 3 rings (SSSR count). The molecule has 1 N–H and O–H groups in total. The lowest BCUT2D eigenvalue weighted by Crippen LogP contribution is -2.52. The van der Waals surface area contributed by atoms with Crippen LogP contribution in [0.5, 0.6) is 0 Å². The van der Waals surface area contributed by atoms with Gasteiger partial charge in [-0.15, -0.1) is 0 Å². The maximum absolute atomic E-state index is 11.7. The monoisotopic (exact) mass is 385 g/mol. The van der Waals surface area contributed by atoms with E-state index in [-0.39, 0.29) is 0 Å². The summed E-state index contributed by atoms with van der Waals surface area (Å²) in [6, 6.07) is 7.67. The molecule has 8 heteroatoms. The highest BCUT2D eigenvalue weighted by molar-refractivity contribution is 5.90. The number of aromatic nitrogens is 1. The Morgan fingerprint density at radius 3 is 2.75 bits per heavy atom. The number of carbonyl (C=O) groups excluding carboxylic acids is 1. The summed E-state index contributed by atoms with van der Waals surface area (Å²) in [5, 5.41) is 3.34. The Labute approximate surface area is 165 Å². The molecule has 0 aliphatic carbocycles. The third-order valence-corrected chi connectivity index (χ3v) is 4.65. The van der Waals surface area contributed by atoms with Gasteiger partial charge in [0.2, 0.25) is 0 Å². The second kappa shape index (κ2) is 9.25. The first-order valence-corrected chi connectivity index (χ1v) is 9.49. The van der Waals surface area contributed by atoms with Gasteiger partial charge in [-0.1, -0.05) is 6.07 Å². The van der Waals surface area contributed by atoms with Gasteiger partial charge in [0.1, 0.15) is 29.4 Å². The number of anilines is 1. The van der Waals surface area contributed by atoms with Crippen molar-refractivity contribution >= 4 is 17.7 Å². The van der Waals surface area contributed by atoms with E-state index < -0.39 is 5.97 Å². The minimum atomic E-state index is -0.394. The molecule has 0 aromatic carbocycles. The van der Waals surface area contributed by atoms with Crippen molar-refractivity contribution in [3.63, 3.8) is 0 Å². The topological polar surface area (TPSA) is 83.2 Å². The van der Waals surface area contributed by atoms with E-state index in [9.17, 15) is 4.79 Å². The summed E-state index contributed by atoms with van der Waals surface area (Å²) in [5.41, 5.74) is 0.446. The van der Waals surface area contributed by atoms with Crippen molar-refractivity contribution in [1.29, 1.82) is 0 Å². The van der Waals surface area contributed by atoms with Crippen LogP contribution in [0.4, 0.5) is 5.82 Å². The molecule has 150 valence electrons. The van der Waals surface area contributed by atoms with Crippen LogP contribution in [0.25, 0.3) is 0 Å². The zero-order chi connectivity index (χ0) is 19.9. The van der Waals surface area contributed by atoms with Crippen LogP contribution in [0.15, 0.2) is 39.9 Å². The first-order valence-electron chi connectivity index (χ1n) is 9.49. The van der Waals surface area contributed by atoms with Crippen molar-refractivity contribution in [2.45, 2.75) is 20.4 Å². The molecule has 8 nitrogen and oxygen atoms in total. The summed E-state index contributed by atoms with van der Waals surface area (Å²) < 4.78 is 10.4. The van der Waals surface area contributed by atoms with Gasteiger partial charge in [-0.2, -0.15) is 0 Å². The Kier molecular flexibility index (Phi) is 6.52. The fraction of sp³-hybridized carbons (Fsp3) is 0.450. The largest absolute Gasteiger partial charge is 0.465 e. The Morgan fingerprint density at radius 2 is 2.11 bits per heavy atom. The van der Waals surface area contributed by atoms with Gasteiger partial charge in [0.05, 0.1) is 7.11 Å². The molecular weight excluding hydrogens is 358 g/mol. The number of rotatable bonds is 5. The van der Waals surface area contributed by atoms with E-state index >= 15 is 0 Å². The number of piperazine rings is 1. The summed E-state index contributed by atoms with van der Waals surface area (Å²) in [4.78, 5) is 25.4. The fourth-order valence-corrected chi connectivity index (χ4v) is 3.20. The summed E-state index contributed by atoms with van der Waals surface area (Å²) in [7, 11) is 1.36. The molecule has 0 saturated carbocycles. The van der Waals surface area contributed by atoms with Crippen LogP contribution in [-0.2, 0) is 11.3 Å². The number of hydrogen-bond donors (Lipinski definition) is 1. The first kappa shape index (κ1) is 19.7. The molecule has 2 aromatic rings. The molecule has 0 spiro atoms. The van der Waals surface area contributed by atoms with Crippen LogP contribution in [0.2, 0.25) is 0 Å². The van der Waals surface area contributed by atoms with Crippen LogP contribution >= 0.6 is 0 Å². The number of hydrogen-bond acceptors (Lipinski definition) is 6. The van der Waals surface area contributed by atoms with Crippen molar-refractivity contribution < 1.29 is 13.9 Å². The number of esters is 1. The molecule has 0 amide bonds. The molecule has 1 fully saturated rings. The summed E-state index contributed by atoms with van der Waals surface area (Å²) in [5.74, 6) is 2.64. The van der Waals surface area contributed by atoms with Gasteiger partial charge >= 0.3 is 5.97 Å². The molecular formula is C20H27N5O3. The SMILES string of the molecule is CCNC(=NCc1cc(C(=O)OC)c(C)o1)N1CCN(c2ccccn2)CC1. The predicted molar refractivity (Wildman–Crippen MR) is 108 cm³/mol. The van der Waals surface area contributed by atoms with Gasteiger partial charge < -0.3 is 24.3 Å². The van der Waals surface area contributed by atoms with E-state index in [1.807, 2.05) is 31.3 Å². The van der Waals surface area contributed by atoms with Crippen LogP contribution in [0.3, 0.4) is 0 Å². The highest BCUT2D eigenvalue weighted by atomic mass is 16.5. The number of pyridine rings is 1. The van der Waals surface area contributed by atoms with Gasteiger partial charge in [-0.05, 0) is 32.0 Å². The Balaban J connectivity index is 1.64. The van der Waals surface area contributed by atoms with E-state index in [0.717, 1.165) is 44.5 Å². The lowest BCUT2D eigenvalue weighted by molar-refractivity contribution is 0.0599. The van der Waals surface area contributed by atoms with Gasteiger partial charge in [0.25, 0.3) is 0 Å². The van der Waals surface area contributed by atoms with Crippen molar-refractivity contribution in [2.24, 2.45) is 4.99 Å². The average molecular weight is 385 g/mol. The van der Waals surface area contributed by atoms with Crippen LogP contribution in [-0.4, -0.2) is 61.6 Å². The third kappa shape index (κ3) is 4.62. The molecule has 0 unspecified atom stereocenters. The number of aryl methyl sites for hydroxylation is 1. The number of ether oxygens (including phenoxy) is 1. The number of nitrogens with one attached hydrogen (secondary N) is 1. The van der Waals surface area contributed by atoms with Crippen LogP contribution in [0.1, 0.15) is 28.8 Å². The van der Waals surface area contributed by atoms with E-state index in [1.54, 1.807) is 13.0 Å². The highest BCUT2D eigenvalue weighted by Gasteiger charge is 2.21. The highest BCUT2D eigenvalue weighted by Crippen LogP contribution is 2.17. The number of carbonyl (C=O) groups is 1. The molecule has 0 radical (unpaired) electrons. The number of aliphatic imine (C=N–C) groups is 1. The van der Waals surface area contributed by atoms with E-state index in [0.29, 0.717) is 23.6 Å². The lowest BCUT2D eigenvalue weighted by atomic mass is 10.2.